The molecule has 0 fully saturated rings. The average Bonchev–Trinajstić information content (AvgIpc) is 3.00. The number of fused-ring (bicyclic) bond motifs is 3. The number of alkyl halides is 3. The first-order chi connectivity index (χ1) is 12.8. The fourth-order valence-corrected chi connectivity index (χ4v) is 3.80. The van der Waals surface area contributed by atoms with Crippen molar-refractivity contribution in [3.05, 3.63) is 63.8 Å². The van der Waals surface area contributed by atoms with E-state index in [0.29, 0.717) is 5.56 Å². The van der Waals surface area contributed by atoms with Gasteiger partial charge in [0.1, 0.15) is 0 Å². The molecule has 0 aliphatic heterocycles. The molecule has 1 aliphatic rings. The van der Waals surface area contributed by atoms with Gasteiger partial charge in [0, 0.05) is 27.8 Å². The first kappa shape index (κ1) is 17.9. The quantitative estimate of drug-likeness (QED) is 0.554. The molecule has 1 aromatic heterocycles. The standard InChI is InChI=1S/C20H16ClF3N2O/c21-16-7-6-12(10-15(16)20(22,23)24)25-19(27)11-5-8-18-14(9-11)13-3-1-2-4-17(13)26-18/h5-10,26H,1-4H2,(H,25,27). The van der Waals surface area contributed by atoms with Gasteiger partial charge in [-0.25, -0.2) is 0 Å². The van der Waals surface area contributed by atoms with Crippen LogP contribution in [0.1, 0.15) is 40.0 Å². The van der Waals surface area contributed by atoms with Gasteiger partial charge < -0.3 is 10.3 Å². The van der Waals surface area contributed by atoms with Crippen LogP contribution in [0.5, 0.6) is 0 Å². The fraction of sp³-hybridized carbons (Fsp3) is 0.250. The lowest BCUT2D eigenvalue weighted by Gasteiger charge is -2.12. The van der Waals surface area contributed by atoms with E-state index in [0.717, 1.165) is 48.7 Å². The maximum atomic E-state index is 13.0. The number of anilines is 1. The Balaban J connectivity index is 1.64. The number of aryl methyl sites for hydroxylation is 2. The minimum Gasteiger partial charge on any atom is -0.358 e. The van der Waals surface area contributed by atoms with Gasteiger partial charge in [0.2, 0.25) is 0 Å². The largest absolute Gasteiger partial charge is 0.417 e. The van der Waals surface area contributed by atoms with Gasteiger partial charge in [-0.05, 0) is 67.6 Å². The predicted molar refractivity (Wildman–Crippen MR) is 99.3 cm³/mol. The Labute approximate surface area is 158 Å². The zero-order chi connectivity index (χ0) is 19.2. The van der Waals surface area contributed by atoms with Crippen molar-refractivity contribution in [3.8, 4) is 0 Å². The number of hydrogen-bond acceptors (Lipinski definition) is 1. The van der Waals surface area contributed by atoms with Crippen molar-refractivity contribution in [1.29, 1.82) is 0 Å². The molecule has 0 radical (unpaired) electrons. The SMILES string of the molecule is O=C(Nc1ccc(Cl)c(C(F)(F)F)c1)c1ccc2[nH]c3c(c2c1)CCCC3. The van der Waals surface area contributed by atoms with Crippen LogP contribution in [0.25, 0.3) is 10.9 Å². The summed E-state index contributed by atoms with van der Waals surface area (Å²) >= 11 is 5.62. The smallest absolute Gasteiger partial charge is 0.358 e. The van der Waals surface area contributed by atoms with Crippen LogP contribution in [0.2, 0.25) is 5.02 Å². The van der Waals surface area contributed by atoms with E-state index in [-0.39, 0.29) is 5.69 Å². The lowest BCUT2D eigenvalue weighted by molar-refractivity contribution is -0.137. The monoisotopic (exact) mass is 392 g/mol. The van der Waals surface area contributed by atoms with E-state index >= 15 is 0 Å². The molecule has 2 N–H and O–H groups in total. The molecule has 1 amide bonds. The van der Waals surface area contributed by atoms with Crippen LogP contribution in [-0.2, 0) is 19.0 Å². The second kappa shape index (κ2) is 6.60. The summed E-state index contributed by atoms with van der Waals surface area (Å²) in [5.74, 6) is -0.460. The summed E-state index contributed by atoms with van der Waals surface area (Å²) in [6.45, 7) is 0. The summed E-state index contributed by atoms with van der Waals surface area (Å²) in [5, 5.41) is 3.13. The average molecular weight is 393 g/mol. The van der Waals surface area contributed by atoms with Crippen LogP contribution in [0.15, 0.2) is 36.4 Å². The molecule has 0 atom stereocenters. The normalized spacial score (nSPS) is 14.2. The van der Waals surface area contributed by atoms with Crippen LogP contribution in [-0.4, -0.2) is 10.9 Å². The van der Waals surface area contributed by atoms with Crippen LogP contribution in [0, 0.1) is 0 Å². The van der Waals surface area contributed by atoms with Gasteiger partial charge in [0.25, 0.3) is 5.91 Å². The number of carbonyl (C=O) groups excluding carboxylic acids is 1. The first-order valence-corrected chi connectivity index (χ1v) is 9.02. The Bertz CT molecular complexity index is 1040. The topological polar surface area (TPSA) is 44.9 Å². The highest BCUT2D eigenvalue weighted by Crippen LogP contribution is 2.36. The lowest BCUT2D eigenvalue weighted by atomic mass is 9.95. The Morgan fingerprint density at radius 1 is 1.07 bits per heavy atom. The third-order valence-electron chi connectivity index (χ3n) is 4.89. The number of rotatable bonds is 2. The van der Waals surface area contributed by atoms with E-state index in [1.54, 1.807) is 12.1 Å². The van der Waals surface area contributed by atoms with E-state index in [2.05, 4.69) is 10.3 Å². The number of aromatic nitrogens is 1. The highest BCUT2D eigenvalue weighted by Gasteiger charge is 2.33. The molecule has 0 bridgehead atoms. The number of amides is 1. The van der Waals surface area contributed by atoms with Crippen molar-refractivity contribution in [2.24, 2.45) is 0 Å². The molecule has 1 heterocycles. The van der Waals surface area contributed by atoms with E-state index < -0.39 is 22.7 Å². The predicted octanol–water partition coefficient (Wildman–Crippen LogP) is 5.97. The second-order valence-electron chi connectivity index (χ2n) is 6.70. The van der Waals surface area contributed by atoms with Crippen molar-refractivity contribution in [2.75, 3.05) is 5.32 Å². The summed E-state index contributed by atoms with van der Waals surface area (Å²) < 4.78 is 39.0. The van der Waals surface area contributed by atoms with Crippen LogP contribution >= 0.6 is 11.6 Å². The molecule has 0 saturated heterocycles. The van der Waals surface area contributed by atoms with Crippen molar-refractivity contribution in [3.63, 3.8) is 0 Å². The van der Waals surface area contributed by atoms with Gasteiger partial charge in [-0.1, -0.05) is 11.6 Å². The molecule has 140 valence electrons. The summed E-state index contributed by atoms with van der Waals surface area (Å²) in [6.07, 6.45) is -0.364. The number of nitrogens with one attached hydrogen (secondary N) is 2. The number of benzene rings is 2. The second-order valence-corrected chi connectivity index (χ2v) is 7.10. The number of H-pyrrole nitrogens is 1. The lowest BCUT2D eigenvalue weighted by Crippen LogP contribution is -2.13. The molecule has 0 spiro atoms. The molecule has 7 heteroatoms. The number of aromatic amines is 1. The van der Waals surface area contributed by atoms with E-state index in [9.17, 15) is 18.0 Å². The third kappa shape index (κ3) is 3.41. The highest BCUT2D eigenvalue weighted by molar-refractivity contribution is 6.31. The molecular weight excluding hydrogens is 377 g/mol. The van der Waals surface area contributed by atoms with Gasteiger partial charge in [-0.3, -0.25) is 4.79 Å². The van der Waals surface area contributed by atoms with Crippen molar-refractivity contribution < 1.29 is 18.0 Å². The number of halogens is 4. The fourth-order valence-electron chi connectivity index (χ4n) is 3.57. The van der Waals surface area contributed by atoms with Gasteiger partial charge in [-0.2, -0.15) is 13.2 Å². The zero-order valence-corrected chi connectivity index (χ0v) is 15.0. The van der Waals surface area contributed by atoms with Gasteiger partial charge >= 0.3 is 6.18 Å². The minimum atomic E-state index is -4.58. The zero-order valence-electron chi connectivity index (χ0n) is 14.2. The number of carbonyl (C=O) groups is 1. The van der Waals surface area contributed by atoms with Crippen LogP contribution in [0.4, 0.5) is 18.9 Å². The summed E-state index contributed by atoms with van der Waals surface area (Å²) in [5.41, 5.74) is 2.89. The molecule has 0 saturated carbocycles. The summed E-state index contributed by atoms with van der Waals surface area (Å²) in [6, 6.07) is 8.63. The maximum absolute atomic E-state index is 13.0. The van der Waals surface area contributed by atoms with Crippen LogP contribution in [0.3, 0.4) is 0 Å². The molecule has 2 aromatic carbocycles. The van der Waals surface area contributed by atoms with E-state index in [1.807, 2.05) is 6.07 Å². The van der Waals surface area contributed by atoms with Gasteiger partial charge in [0.05, 0.1) is 10.6 Å². The molecule has 3 nitrogen and oxygen atoms in total. The van der Waals surface area contributed by atoms with E-state index in [4.69, 9.17) is 11.6 Å². The highest BCUT2D eigenvalue weighted by atomic mass is 35.5. The van der Waals surface area contributed by atoms with Crippen molar-refractivity contribution in [1.82, 2.24) is 4.98 Å². The van der Waals surface area contributed by atoms with Crippen molar-refractivity contribution in [2.45, 2.75) is 31.9 Å². The molecule has 1 aliphatic carbocycles. The first-order valence-electron chi connectivity index (χ1n) is 8.64. The molecule has 27 heavy (non-hydrogen) atoms. The number of hydrogen-bond donors (Lipinski definition) is 2. The Hall–Kier alpha value is -2.47. The third-order valence-corrected chi connectivity index (χ3v) is 5.22. The molecule has 3 aromatic rings. The molecule has 0 unspecified atom stereocenters. The minimum absolute atomic E-state index is 0.0490. The van der Waals surface area contributed by atoms with Gasteiger partial charge in [0.15, 0.2) is 0 Å². The Morgan fingerprint density at radius 2 is 1.85 bits per heavy atom. The summed E-state index contributed by atoms with van der Waals surface area (Å²) in [4.78, 5) is 15.9. The Kier molecular flexibility index (Phi) is 4.38. The Morgan fingerprint density at radius 3 is 2.63 bits per heavy atom. The van der Waals surface area contributed by atoms with Gasteiger partial charge in [-0.15, -0.1) is 0 Å². The van der Waals surface area contributed by atoms with Crippen molar-refractivity contribution >= 4 is 34.1 Å². The molecule has 4 rings (SSSR count). The summed E-state index contributed by atoms with van der Waals surface area (Å²) in [7, 11) is 0. The van der Waals surface area contributed by atoms with Crippen LogP contribution < -0.4 is 5.32 Å². The van der Waals surface area contributed by atoms with E-state index in [1.165, 1.54) is 17.3 Å². The molecular formula is C20H16ClF3N2O. The maximum Gasteiger partial charge on any atom is 0.417 e.